The van der Waals surface area contributed by atoms with Crippen LogP contribution >= 0.6 is 0 Å². The predicted molar refractivity (Wildman–Crippen MR) is 281 cm³/mol. The number of aromatic nitrogens is 5. The largest absolute Gasteiger partial charge is 0.309 e. The van der Waals surface area contributed by atoms with Crippen LogP contribution in [-0.4, -0.2) is 24.1 Å². The lowest BCUT2D eigenvalue weighted by atomic mass is 9.88. The lowest BCUT2D eigenvalue weighted by Gasteiger charge is -2.19. The van der Waals surface area contributed by atoms with Crippen LogP contribution in [0.3, 0.4) is 0 Å². The third-order valence-electron chi connectivity index (χ3n) is 13.1. The zero-order valence-corrected chi connectivity index (χ0v) is 36.9. The molecule has 13 rings (SSSR count). The quantitative estimate of drug-likeness (QED) is 0.153. The third-order valence-corrected chi connectivity index (χ3v) is 13.1. The second-order valence-corrected chi connectivity index (χ2v) is 17.1. The van der Waals surface area contributed by atoms with Gasteiger partial charge >= 0.3 is 0 Å². The fourth-order valence-corrected chi connectivity index (χ4v) is 10.2. The lowest BCUT2D eigenvalue weighted by molar-refractivity contribution is 0.955. The first-order chi connectivity index (χ1) is 33.8. The topological polar surface area (TPSA) is 48.5 Å². The van der Waals surface area contributed by atoms with E-state index in [1.54, 1.807) is 0 Å². The highest BCUT2D eigenvalue weighted by Crippen LogP contribution is 2.52. The Morgan fingerprint density at radius 3 is 1.28 bits per heavy atom. The molecule has 0 bridgehead atoms. The molecule has 5 nitrogen and oxygen atoms in total. The summed E-state index contributed by atoms with van der Waals surface area (Å²) >= 11 is 0. The molecule has 0 amide bonds. The fourth-order valence-electron chi connectivity index (χ4n) is 10.2. The summed E-state index contributed by atoms with van der Waals surface area (Å²) < 4.78 is 4.76. The van der Waals surface area contributed by atoms with E-state index >= 15 is 0 Å². The van der Waals surface area contributed by atoms with Gasteiger partial charge in [-0.1, -0.05) is 212 Å². The Labute approximate surface area is 393 Å². The third kappa shape index (κ3) is 6.51. The van der Waals surface area contributed by atoms with Crippen LogP contribution in [0, 0.1) is 0 Å². The van der Waals surface area contributed by atoms with Crippen molar-refractivity contribution in [1.29, 1.82) is 0 Å². The monoisotopic (exact) mass is 867 g/mol. The Hall–Kier alpha value is -9.19. The van der Waals surface area contributed by atoms with Gasteiger partial charge in [-0.2, -0.15) is 9.97 Å². The molecule has 0 saturated heterocycles. The normalized spacial score (nSPS) is 11.5. The van der Waals surface area contributed by atoms with Gasteiger partial charge < -0.3 is 4.57 Å². The number of para-hydroxylation sites is 3. The van der Waals surface area contributed by atoms with Crippen molar-refractivity contribution in [3.8, 4) is 78.9 Å². The van der Waals surface area contributed by atoms with Gasteiger partial charge in [-0.15, -0.1) is 0 Å². The summed E-state index contributed by atoms with van der Waals surface area (Å²) in [4.78, 5) is 16.3. The molecule has 5 heteroatoms. The molecule has 318 valence electrons. The van der Waals surface area contributed by atoms with Gasteiger partial charge in [-0.3, -0.25) is 4.57 Å². The molecule has 10 aromatic carbocycles. The molecule has 0 saturated carbocycles. The summed E-state index contributed by atoms with van der Waals surface area (Å²) in [6.07, 6.45) is 0. The Balaban J connectivity index is 1.17. The van der Waals surface area contributed by atoms with E-state index in [9.17, 15) is 0 Å². The molecular weight excluding hydrogens is 827 g/mol. The highest BCUT2D eigenvalue weighted by Gasteiger charge is 2.30. The highest BCUT2D eigenvalue weighted by molar-refractivity contribution is 6.34. The summed E-state index contributed by atoms with van der Waals surface area (Å²) in [7, 11) is 0. The van der Waals surface area contributed by atoms with Gasteiger partial charge in [0.1, 0.15) is 0 Å². The van der Waals surface area contributed by atoms with Crippen molar-refractivity contribution in [1.82, 2.24) is 24.1 Å². The maximum atomic E-state index is 5.54. The molecule has 0 radical (unpaired) electrons. The van der Waals surface area contributed by atoms with Crippen LogP contribution in [0.15, 0.2) is 249 Å². The van der Waals surface area contributed by atoms with Crippen LogP contribution < -0.4 is 0 Å². The molecule has 3 heterocycles. The van der Waals surface area contributed by atoms with Gasteiger partial charge in [0.15, 0.2) is 11.6 Å². The van der Waals surface area contributed by atoms with E-state index in [0.29, 0.717) is 17.6 Å². The summed E-state index contributed by atoms with van der Waals surface area (Å²) in [5, 5.41) is 4.51. The molecule has 0 aliphatic carbocycles. The first-order valence-corrected chi connectivity index (χ1v) is 23.0. The standard InChI is InChI=1S/C63H41N5/c1-6-22-42(23-7-1)46-30-20-31-47(40-46)48-32-21-33-49(41-48)62-64-61(45-28-12-4-13-29-45)65-63(66-62)68-54-39-19-16-36-51(54)57-55(43-24-8-2-9-25-43)56(44-26-10-3-11-27-44)59-58(60(57)68)52-37-17-18-38-53(52)67(59)50-34-14-5-15-35-50/h1-41H. The summed E-state index contributed by atoms with van der Waals surface area (Å²) in [5.41, 5.74) is 16.3. The molecule has 0 aliphatic rings. The molecule has 3 aromatic heterocycles. The summed E-state index contributed by atoms with van der Waals surface area (Å²) in [6, 6.07) is 88.1. The Bertz CT molecular complexity index is 3990. The molecule has 0 atom stereocenters. The zero-order valence-electron chi connectivity index (χ0n) is 36.9. The number of hydrogen-bond acceptors (Lipinski definition) is 3. The molecule has 0 N–H and O–H groups in total. The minimum absolute atomic E-state index is 0.542. The average Bonchev–Trinajstić information content (AvgIpc) is 3.95. The van der Waals surface area contributed by atoms with Crippen molar-refractivity contribution in [2.75, 3.05) is 0 Å². The van der Waals surface area contributed by atoms with Gasteiger partial charge in [0.2, 0.25) is 5.95 Å². The van der Waals surface area contributed by atoms with Gasteiger partial charge in [0, 0.05) is 49.5 Å². The number of benzene rings is 10. The second kappa shape index (κ2) is 16.4. The predicted octanol–water partition coefficient (Wildman–Crippen LogP) is 16.1. The van der Waals surface area contributed by atoms with Crippen molar-refractivity contribution in [3.63, 3.8) is 0 Å². The highest BCUT2D eigenvalue weighted by atomic mass is 15.2. The zero-order chi connectivity index (χ0) is 45.0. The number of fused-ring (bicyclic) bond motifs is 7. The molecule has 68 heavy (non-hydrogen) atoms. The minimum atomic E-state index is 0.542. The fraction of sp³-hybridized carbons (Fsp3) is 0. The van der Waals surface area contributed by atoms with Gasteiger partial charge in [0.25, 0.3) is 0 Å². The Morgan fingerprint density at radius 2 is 0.676 bits per heavy atom. The Kier molecular flexibility index (Phi) is 9.43. The maximum absolute atomic E-state index is 5.54. The van der Waals surface area contributed by atoms with Crippen molar-refractivity contribution < 1.29 is 0 Å². The molecule has 0 aliphatic heterocycles. The van der Waals surface area contributed by atoms with E-state index in [0.717, 1.165) is 93.8 Å². The smallest absolute Gasteiger partial charge is 0.238 e. The molecular formula is C63H41N5. The van der Waals surface area contributed by atoms with E-state index in [-0.39, 0.29) is 0 Å². The number of hydrogen-bond donors (Lipinski definition) is 0. The number of nitrogens with zero attached hydrogens (tertiary/aromatic N) is 5. The van der Waals surface area contributed by atoms with Crippen LogP contribution in [0.4, 0.5) is 0 Å². The minimum Gasteiger partial charge on any atom is -0.309 e. The second-order valence-electron chi connectivity index (χ2n) is 17.1. The van der Waals surface area contributed by atoms with Gasteiger partial charge in [-0.05, 0) is 69.8 Å². The van der Waals surface area contributed by atoms with Crippen molar-refractivity contribution in [2.45, 2.75) is 0 Å². The van der Waals surface area contributed by atoms with Crippen LogP contribution in [0.25, 0.3) is 123 Å². The maximum Gasteiger partial charge on any atom is 0.238 e. The molecule has 0 fully saturated rings. The van der Waals surface area contributed by atoms with Crippen molar-refractivity contribution >= 4 is 43.6 Å². The van der Waals surface area contributed by atoms with E-state index < -0.39 is 0 Å². The SMILES string of the molecule is c1ccc(-c2cccc(-c3cccc(-c4nc(-c5ccccc5)nc(-n5c6ccccc6c6c(-c7ccccc7)c(-c7ccccc7)c7c(c8ccccc8n7-c7ccccc7)c65)n4)c3)c2)cc1. The summed E-state index contributed by atoms with van der Waals surface area (Å²) in [6.45, 7) is 0. The first-order valence-electron chi connectivity index (χ1n) is 23.0. The van der Waals surface area contributed by atoms with Crippen LogP contribution in [0.2, 0.25) is 0 Å². The van der Waals surface area contributed by atoms with E-state index in [2.05, 4.69) is 240 Å². The van der Waals surface area contributed by atoms with Crippen molar-refractivity contribution in [3.05, 3.63) is 249 Å². The first kappa shape index (κ1) is 39.2. The van der Waals surface area contributed by atoms with Gasteiger partial charge in [-0.25, -0.2) is 4.98 Å². The van der Waals surface area contributed by atoms with Gasteiger partial charge in [0.05, 0.1) is 22.1 Å². The van der Waals surface area contributed by atoms with Crippen LogP contribution in [-0.2, 0) is 0 Å². The van der Waals surface area contributed by atoms with E-state index in [1.807, 2.05) is 18.2 Å². The summed E-state index contributed by atoms with van der Waals surface area (Å²) in [5.74, 6) is 1.73. The number of rotatable bonds is 8. The molecule has 0 unspecified atom stereocenters. The van der Waals surface area contributed by atoms with E-state index in [1.165, 1.54) is 11.1 Å². The molecule has 0 spiro atoms. The lowest BCUT2D eigenvalue weighted by Crippen LogP contribution is -2.07. The van der Waals surface area contributed by atoms with Crippen molar-refractivity contribution in [2.24, 2.45) is 0 Å². The van der Waals surface area contributed by atoms with E-state index in [4.69, 9.17) is 15.0 Å². The Morgan fingerprint density at radius 1 is 0.265 bits per heavy atom. The van der Waals surface area contributed by atoms with Crippen LogP contribution in [0.1, 0.15) is 0 Å². The molecule has 13 aromatic rings. The average molecular weight is 868 g/mol. The van der Waals surface area contributed by atoms with Crippen LogP contribution in [0.5, 0.6) is 0 Å².